The van der Waals surface area contributed by atoms with Gasteiger partial charge in [-0.15, -0.1) is 0 Å². The third kappa shape index (κ3) is 2.78. The summed E-state index contributed by atoms with van der Waals surface area (Å²) < 4.78 is 0. The van der Waals surface area contributed by atoms with Gasteiger partial charge in [-0.3, -0.25) is 0 Å². The normalized spacial score (nSPS) is 17.3. The Morgan fingerprint density at radius 2 is 1.83 bits per heavy atom. The van der Waals surface area contributed by atoms with Crippen LogP contribution in [0.4, 0.5) is 0 Å². The van der Waals surface area contributed by atoms with Crippen LogP contribution in [0.15, 0.2) is 66.9 Å². The van der Waals surface area contributed by atoms with Gasteiger partial charge in [0, 0.05) is 11.6 Å². The number of para-hydroxylation sites is 1. The smallest absolute Gasteiger partial charge is 0.178 e. The van der Waals surface area contributed by atoms with E-state index in [1.807, 2.05) is 48.7 Å². The molecule has 2 heterocycles. The largest absolute Gasteiger partial charge is 0.244 e. The topological polar surface area (TPSA) is 38.7 Å². The molecule has 0 saturated carbocycles. The summed E-state index contributed by atoms with van der Waals surface area (Å²) >= 11 is 0. The summed E-state index contributed by atoms with van der Waals surface area (Å²) in [6.45, 7) is 2.22. The van der Waals surface area contributed by atoms with Crippen LogP contribution in [0.3, 0.4) is 0 Å². The maximum atomic E-state index is 4.75. The van der Waals surface area contributed by atoms with Crippen LogP contribution in [-0.4, -0.2) is 15.0 Å². The monoisotopic (exact) mass is 299 g/mol. The number of allylic oxidation sites excluding steroid dienone is 4. The zero-order valence-corrected chi connectivity index (χ0v) is 13.0. The number of benzene rings is 1. The fraction of sp³-hybridized carbons (Fsp3) is 0.150. The quantitative estimate of drug-likeness (QED) is 0.690. The van der Waals surface area contributed by atoms with Gasteiger partial charge in [-0.2, -0.15) is 0 Å². The van der Waals surface area contributed by atoms with Gasteiger partial charge in [-0.25, -0.2) is 15.0 Å². The van der Waals surface area contributed by atoms with Crippen molar-refractivity contribution < 1.29 is 0 Å². The average molecular weight is 299 g/mol. The van der Waals surface area contributed by atoms with Crippen LogP contribution in [0.1, 0.15) is 19.0 Å². The van der Waals surface area contributed by atoms with Crippen LogP contribution in [-0.2, 0) is 0 Å². The van der Waals surface area contributed by atoms with Gasteiger partial charge < -0.3 is 0 Å². The molecule has 0 bridgehead atoms. The third-order valence-corrected chi connectivity index (χ3v) is 4.08. The molecule has 0 spiro atoms. The first-order valence-electron chi connectivity index (χ1n) is 7.87. The Bertz CT molecular complexity index is 925. The summed E-state index contributed by atoms with van der Waals surface area (Å²) in [7, 11) is 0. The van der Waals surface area contributed by atoms with Crippen molar-refractivity contribution in [3.05, 3.63) is 72.6 Å². The minimum Gasteiger partial charge on any atom is -0.244 e. The van der Waals surface area contributed by atoms with Crippen molar-refractivity contribution in [2.45, 2.75) is 13.3 Å². The fourth-order valence-corrected chi connectivity index (χ4v) is 2.73. The van der Waals surface area contributed by atoms with Gasteiger partial charge in [0.2, 0.25) is 0 Å². The van der Waals surface area contributed by atoms with E-state index in [-0.39, 0.29) is 0 Å². The van der Waals surface area contributed by atoms with Crippen LogP contribution in [0.25, 0.3) is 28.0 Å². The van der Waals surface area contributed by atoms with Crippen molar-refractivity contribution in [3.63, 3.8) is 0 Å². The molecule has 4 rings (SSSR count). The Hall–Kier alpha value is -2.81. The molecule has 3 aromatic rings. The van der Waals surface area contributed by atoms with Crippen LogP contribution in [0.5, 0.6) is 0 Å². The van der Waals surface area contributed by atoms with Crippen molar-refractivity contribution in [3.8, 4) is 11.5 Å². The first-order valence-corrected chi connectivity index (χ1v) is 7.87. The molecule has 3 nitrogen and oxygen atoms in total. The second kappa shape index (κ2) is 5.76. The molecule has 0 aliphatic heterocycles. The number of pyridine rings is 1. The Morgan fingerprint density at radius 3 is 2.70 bits per heavy atom. The van der Waals surface area contributed by atoms with Gasteiger partial charge in [0.25, 0.3) is 0 Å². The van der Waals surface area contributed by atoms with Gasteiger partial charge in [-0.05, 0) is 36.1 Å². The van der Waals surface area contributed by atoms with Crippen LogP contribution in [0.2, 0.25) is 0 Å². The SMILES string of the molecule is CC1C=CC(c2cccc(-c3ncc4ccccc4n3)n2)=CC1. The summed E-state index contributed by atoms with van der Waals surface area (Å²) in [5.74, 6) is 1.27. The van der Waals surface area contributed by atoms with E-state index < -0.39 is 0 Å². The van der Waals surface area contributed by atoms with Crippen LogP contribution >= 0.6 is 0 Å². The molecule has 0 fully saturated rings. The predicted octanol–water partition coefficient (Wildman–Crippen LogP) is 4.67. The van der Waals surface area contributed by atoms with Gasteiger partial charge in [-0.1, -0.05) is 49.4 Å². The molecule has 0 radical (unpaired) electrons. The van der Waals surface area contributed by atoms with Gasteiger partial charge in [0.1, 0.15) is 5.69 Å². The standard InChI is InChI=1S/C20H17N3/c1-14-9-11-15(12-10-14)17-7-4-8-19(22-17)20-21-13-16-5-2-3-6-18(16)23-20/h2-9,11-14H,10H2,1H3. The second-order valence-corrected chi connectivity index (χ2v) is 5.89. The zero-order valence-electron chi connectivity index (χ0n) is 13.0. The molecule has 23 heavy (non-hydrogen) atoms. The van der Waals surface area contributed by atoms with E-state index >= 15 is 0 Å². The molecule has 1 aliphatic carbocycles. The number of hydrogen-bond acceptors (Lipinski definition) is 3. The molecular weight excluding hydrogens is 282 g/mol. The first-order chi connectivity index (χ1) is 11.3. The van der Waals surface area contributed by atoms with Crippen molar-refractivity contribution in [2.24, 2.45) is 5.92 Å². The third-order valence-electron chi connectivity index (χ3n) is 4.08. The number of rotatable bonds is 2. The summed E-state index contributed by atoms with van der Waals surface area (Å²) in [6.07, 6.45) is 9.55. The highest BCUT2D eigenvalue weighted by Crippen LogP contribution is 2.24. The van der Waals surface area contributed by atoms with E-state index in [0.717, 1.165) is 28.7 Å². The van der Waals surface area contributed by atoms with E-state index in [4.69, 9.17) is 4.98 Å². The van der Waals surface area contributed by atoms with Gasteiger partial charge in [0.15, 0.2) is 5.82 Å². The highest BCUT2D eigenvalue weighted by Gasteiger charge is 2.09. The minimum absolute atomic E-state index is 0.603. The second-order valence-electron chi connectivity index (χ2n) is 5.89. The van der Waals surface area contributed by atoms with Crippen LogP contribution < -0.4 is 0 Å². The molecule has 0 saturated heterocycles. The Labute approximate surface area is 135 Å². The summed E-state index contributed by atoms with van der Waals surface area (Å²) in [6, 6.07) is 14.0. The zero-order chi connectivity index (χ0) is 15.6. The molecule has 1 unspecified atom stereocenters. The molecule has 0 N–H and O–H groups in total. The number of nitrogens with zero attached hydrogens (tertiary/aromatic N) is 3. The molecular formula is C20H17N3. The van der Waals surface area contributed by atoms with Crippen molar-refractivity contribution >= 4 is 16.5 Å². The van der Waals surface area contributed by atoms with E-state index in [2.05, 4.69) is 35.1 Å². The maximum absolute atomic E-state index is 4.75. The van der Waals surface area contributed by atoms with E-state index in [9.17, 15) is 0 Å². The Balaban J connectivity index is 1.74. The van der Waals surface area contributed by atoms with E-state index in [0.29, 0.717) is 11.7 Å². The maximum Gasteiger partial charge on any atom is 0.178 e. The molecule has 112 valence electrons. The van der Waals surface area contributed by atoms with Crippen molar-refractivity contribution in [2.75, 3.05) is 0 Å². The average Bonchev–Trinajstić information content (AvgIpc) is 2.62. The first kappa shape index (κ1) is 13.8. The van der Waals surface area contributed by atoms with Gasteiger partial charge >= 0.3 is 0 Å². The Morgan fingerprint density at radius 1 is 0.957 bits per heavy atom. The molecule has 3 heteroatoms. The highest BCUT2D eigenvalue weighted by atomic mass is 14.9. The number of fused-ring (bicyclic) bond motifs is 1. The summed E-state index contributed by atoms with van der Waals surface area (Å²) in [4.78, 5) is 13.9. The Kier molecular flexibility index (Phi) is 3.46. The minimum atomic E-state index is 0.603. The highest BCUT2D eigenvalue weighted by molar-refractivity contribution is 5.79. The summed E-state index contributed by atoms with van der Waals surface area (Å²) in [5.41, 5.74) is 3.89. The lowest BCUT2D eigenvalue weighted by atomic mass is 9.96. The molecule has 0 amide bonds. The molecule has 1 aliphatic rings. The van der Waals surface area contributed by atoms with Crippen molar-refractivity contribution in [1.29, 1.82) is 0 Å². The lowest BCUT2D eigenvalue weighted by molar-refractivity contribution is 0.738. The predicted molar refractivity (Wildman–Crippen MR) is 93.7 cm³/mol. The lowest BCUT2D eigenvalue weighted by Crippen LogP contribution is -1.98. The molecule has 1 aromatic carbocycles. The number of aromatic nitrogens is 3. The molecule has 2 aromatic heterocycles. The fourth-order valence-electron chi connectivity index (χ4n) is 2.73. The molecule has 1 atom stereocenters. The van der Waals surface area contributed by atoms with E-state index in [1.165, 1.54) is 5.57 Å². The summed E-state index contributed by atoms with van der Waals surface area (Å²) in [5, 5.41) is 1.04. The van der Waals surface area contributed by atoms with E-state index in [1.54, 1.807) is 0 Å². The number of hydrogen-bond donors (Lipinski definition) is 0. The van der Waals surface area contributed by atoms with Crippen LogP contribution in [0, 0.1) is 5.92 Å². The lowest BCUT2D eigenvalue weighted by Gasteiger charge is -2.12. The van der Waals surface area contributed by atoms with Gasteiger partial charge in [0.05, 0.1) is 11.2 Å². The van der Waals surface area contributed by atoms with Crippen molar-refractivity contribution in [1.82, 2.24) is 15.0 Å².